The molecule has 3 rings (SSSR count). The number of halogens is 1. The Labute approximate surface area is 123 Å². The molecule has 0 bridgehead atoms. The second-order valence-corrected chi connectivity index (χ2v) is 6.28. The second-order valence-electron chi connectivity index (χ2n) is 3.73. The van der Waals surface area contributed by atoms with Crippen LogP contribution in [0.3, 0.4) is 0 Å². The van der Waals surface area contributed by atoms with Crippen LogP contribution in [0.25, 0.3) is 11.0 Å². The van der Waals surface area contributed by atoms with E-state index in [1.807, 2.05) is 0 Å². The third kappa shape index (κ3) is 2.42. The minimum atomic E-state index is -3.80. The van der Waals surface area contributed by atoms with Gasteiger partial charge in [-0.2, -0.15) is 8.75 Å². The van der Waals surface area contributed by atoms with Gasteiger partial charge in [-0.1, -0.05) is 6.07 Å². The maximum atomic E-state index is 12.2. The SMILES string of the molecule is O=S(=O)(Nc1cccc2nsnc12)c1cnc(Cl)nc1. The predicted octanol–water partition coefficient (Wildman–Crippen LogP) is 1.94. The molecule has 0 aliphatic heterocycles. The molecule has 0 amide bonds. The summed E-state index contributed by atoms with van der Waals surface area (Å²) in [6, 6.07) is 5.06. The zero-order valence-corrected chi connectivity index (χ0v) is 12.1. The lowest BCUT2D eigenvalue weighted by Crippen LogP contribution is -2.13. The van der Waals surface area contributed by atoms with Gasteiger partial charge in [-0.3, -0.25) is 4.72 Å². The second kappa shape index (κ2) is 4.93. The van der Waals surface area contributed by atoms with E-state index in [2.05, 4.69) is 23.4 Å². The van der Waals surface area contributed by atoms with E-state index in [1.165, 1.54) is 0 Å². The first-order valence-corrected chi connectivity index (χ1v) is 7.87. The maximum absolute atomic E-state index is 12.2. The van der Waals surface area contributed by atoms with Gasteiger partial charge in [0.15, 0.2) is 0 Å². The Hall–Kier alpha value is -1.84. The fourth-order valence-corrected chi connectivity index (χ4v) is 3.13. The van der Waals surface area contributed by atoms with Gasteiger partial charge >= 0.3 is 0 Å². The molecule has 10 heteroatoms. The highest BCUT2D eigenvalue weighted by atomic mass is 35.5. The van der Waals surface area contributed by atoms with Crippen molar-refractivity contribution < 1.29 is 8.42 Å². The summed E-state index contributed by atoms with van der Waals surface area (Å²) in [5, 5.41) is -0.0187. The number of anilines is 1. The molecule has 0 spiro atoms. The maximum Gasteiger partial charge on any atom is 0.265 e. The number of fused-ring (bicyclic) bond motifs is 1. The summed E-state index contributed by atoms with van der Waals surface area (Å²) in [5.74, 6) is 0. The van der Waals surface area contributed by atoms with Gasteiger partial charge in [0.2, 0.25) is 5.28 Å². The topological polar surface area (TPSA) is 97.7 Å². The van der Waals surface area contributed by atoms with Crippen LogP contribution in [-0.4, -0.2) is 27.1 Å². The number of sulfonamides is 1. The molecule has 1 N–H and O–H groups in total. The quantitative estimate of drug-likeness (QED) is 0.738. The Kier molecular flexibility index (Phi) is 3.24. The number of nitrogens with one attached hydrogen (secondary N) is 1. The van der Waals surface area contributed by atoms with Gasteiger partial charge in [-0.15, -0.1) is 0 Å². The van der Waals surface area contributed by atoms with Crippen LogP contribution in [-0.2, 0) is 10.0 Å². The number of rotatable bonds is 3. The van der Waals surface area contributed by atoms with Crippen molar-refractivity contribution in [3.8, 4) is 0 Å². The van der Waals surface area contributed by atoms with Crippen LogP contribution in [0.2, 0.25) is 5.28 Å². The van der Waals surface area contributed by atoms with Gasteiger partial charge in [-0.25, -0.2) is 18.4 Å². The van der Waals surface area contributed by atoms with E-state index in [9.17, 15) is 8.42 Å². The van der Waals surface area contributed by atoms with Crippen LogP contribution in [0, 0.1) is 0 Å². The van der Waals surface area contributed by atoms with Crippen LogP contribution >= 0.6 is 23.3 Å². The molecule has 0 aliphatic carbocycles. The van der Waals surface area contributed by atoms with Crippen molar-refractivity contribution in [3.05, 3.63) is 35.9 Å². The Morgan fingerprint density at radius 1 is 1.15 bits per heavy atom. The number of aromatic nitrogens is 4. The summed E-state index contributed by atoms with van der Waals surface area (Å²) >= 11 is 6.54. The third-order valence-electron chi connectivity index (χ3n) is 2.44. The van der Waals surface area contributed by atoms with E-state index in [-0.39, 0.29) is 10.2 Å². The smallest absolute Gasteiger partial charge is 0.265 e. The average Bonchev–Trinajstić information content (AvgIpc) is 2.88. The molecule has 2 aromatic heterocycles. The standard InChI is InChI=1S/C10H6ClN5O2S2/c11-10-12-4-6(5-13-10)20(17,18)16-8-3-1-2-7-9(8)15-19-14-7/h1-5,16H. The molecular weight excluding hydrogens is 322 g/mol. The summed E-state index contributed by atoms with van der Waals surface area (Å²) in [7, 11) is -3.80. The lowest BCUT2D eigenvalue weighted by atomic mass is 10.3. The Morgan fingerprint density at radius 3 is 2.65 bits per heavy atom. The summed E-state index contributed by atoms with van der Waals surface area (Å²) in [5.41, 5.74) is 1.48. The third-order valence-corrected chi connectivity index (χ3v) is 4.50. The molecule has 1 aromatic carbocycles. The van der Waals surface area contributed by atoms with Crippen molar-refractivity contribution >= 4 is 50.1 Å². The van der Waals surface area contributed by atoms with Crippen LogP contribution in [0.4, 0.5) is 5.69 Å². The minimum absolute atomic E-state index is 0.0187. The summed E-state index contributed by atoms with van der Waals surface area (Å²) < 4.78 is 34.9. The molecular formula is C10H6ClN5O2S2. The first kappa shape index (κ1) is 13.2. The zero-order chi connectivity index (χ0) is 14.2. The molecule has 20 heavy (non-hydrogen) atoms. The molecule has 0 unspecified atom stereocenters. The van der Waals surface area contributed by atoms with Gasteiger partial charge in [-0.05, 0) is 23.7 Å². The van der Waals surface area contributed by atoms with E-state index in [0.29, 0.717) is 16.7 Å². The lowest BCUT2D eigenvalue weighted by Gasteiger charge is -2.07. The molecule has 0 saturated carbocycles. The highest BCUT2D eigenvalue weighted by Gasteiger charge is 2.17. The van der Waals surface area contributed by atoms with Crippen molar-refractivity contribution in [3.63, 3.8) is 0 Å². The van der Waals surface area contributed by atoms with Gasteiger partial charge < -0.3 is 0 Å². The zero-order valence-electron chi connectivity index (χ0n) is 9.69. The molecule has 2 heterocycles. The number of nitrogens with zero attached hydrogens (tertiary/aromatic N) is 4. The predicted molar refractivity (Wildman–Crippen MR) is 75.3 cm³/mol. The van der Waals surface area contributed by atoms with Gasteiger partial charge in [0.05, 0.1) is 29.8 Å². The van der Waals surface area contributed by atoms with Gasteiger partial charge in [0.1, 0.15) is 15.9 Å². The molecule has 0 aliphatic rings. The number of hydrogen-bond donors (Lipinski definition) is 1. The van der Waals surface area contributed by atoms with Gasteiger partial charge in [0.25, 0.3) is 10.0 Å². The fraction of sp³-hybridized carbons (Fsp3) is 0. The number of hydrogen-bond acceptors (Lipinski definition) is 7. The molecule has 0 atom stereocenters. The summed E-state index contributed by atoms with van der Waals surface area (Å²) in [6.07, 6.45) is 2.27. The molecule has 0 fully saturated rings. The summed E-state index contributed by atoms with van der Waals surface area (Å²) in [6.45, 7) is 0. The van der Waals surface area contributed by atoms with Crippen molar-refractivity contribution in [1.29, 1.82) is 0 Å². The normalized spacial score (nSPS) is 11.7. The van der Waals surface area contributed by atoms with Gasteiger partial charge in [0, 0.05) is 0 Å². The van der Waals surface area contributed by atoms with E-state index in [1.54, 1.807) is 18.2 Å². The molecule has 7 nitrogen and oxygen atoms in total. The highest BCUT2D eigenvalue weighted by Crippen LogP contribution is 2.23. The lowest BCUT2D eigenvalue weighted by molar-refractivity contribution is 0.600. The van der Waals surface area contributed by atoms with Crippen molar-refractivity contribution in [2.75, 3.05) is 4.72 Å². The Balaban J connectivity index is 2.01. The average molecular weight is 328 g/mol. The Bertz CT molecular complexity index is 863. The van der Waals surface area contributed by atoms with E-state index >= 15 is 0 Å². The van der Waals surface area contributed by atoms with E-state index < -0.39 is 10.0 Å². The molecule has 3 aromatic rings. The van der Waals surface area contributed by atoms with Crippen LogP contribution < -0.4 is 4.72 Å². The van der Waals surface area contributed by atoms with E-state index in [4.69, 9.17) is 11.6 Å². The minimum Gasteiger partial charge on any atom is -0.277 e. The van der Waals surface area contributed by atoms with Crippen molar-refractivity contribution in [1.82, 2.24) is 18.7 Å². The first-order chi connectivity index (χ1) is 9.56. The first-order valence-electron chi connectivity index (χ1n) is 5.28. The van der Waals surface area contributed by atoms with E-state index in [0.717, 1.165) is 24.1 Å². The van der Waals surface area contributed by atoms with Crippen LogP contribution in [0.1, 0.15) is 0 Å². The van der Waals surface area contributed by atoms with Crippen LogP contribution in [0.5, 0.6) is 0 Å². The monoisotopic (exact) mass is 327 g/mol. The Morgan fingerprint density at radius 2 is 1.90 bits per heavy atom. The highest BCUT2D eigenvalue weighted by molar-refractivity contribution is 7.92. The largest absolute Gasteiger partial charge is 0.277 e. The van der Waals surface area contributed by atoms with Crippen LogP contribution in [0.15, 0.2) is 35.5 Å². The number of benzene rings is 1. The van der Waals surface area contributed by atoms with Crippen molar-refractivity contribution in [2.24, 2.45) is 0 Å². The fourth-order valence-electron chi connectivity index (χ4n) is 1.53. The molecule has 102 valence electrons. The molecule has 0 saturated heterocycles. The van der Waals surface area contributed by atoms with Crippen molar-refractivity contribution in [2.45, 2.75) is 4.90 Å². The molecule has 0 radical (unpaired) electrons. The summed E-state index contributed by atoms with van der Waals surface area (Å²) in [4.78, 5) is 7.22.